The maximum atomic E-state index is 11.5. The highest BCUT2D eigenvalue weighted by Crippen LogP contribution is 2.26. The Bertz CT molecular complexity index is 925. The van der Waals surface area contributed by atoms with Gasteiger partial charge in [-0.15, -0.1) is 10.2 Å². The molecule has 0 atom stereocenters. The molecule has 0 aliphatic carbocycles. The number of halogens is 4. The highest BCUT2D eigenvalue weighted by Gasteiger charge is 2.14. The van der Waals surface area contributed by atoms with Gasteiger partial charge in [0.2, 0.25) is 11.8 Å². The van der Waals surface area contributed by atoms with Crippen molar-refractivity contribution in [3.8, 4) is 22.9 Å². The lowest BCUT2D eigenvalue weighted by Gasteiger charge is -2.05. The van der Waals surface area contributed by atoms with Crippen molar-refractivity contribution in [3.63, 3.8) is 0 Å². The first-order chi connectivity index (χ1) is 13.8. The van der Waals surface area contributed by atoms with Crippen LogP contribution in [0.15, 0.2) is 52.9 Å². The SMILES string of the molecule is O=C(Nc1ccc(-c2nnc(-c3ccc(NC(=O)C(Cl)Cl)cc3)o2)cc1)C(Cl)Cl. The van der Waals surface area contributed by atoms with Gasteiger partial charge < -0.3 is 15.1 Å². The van der Waals surface area contributed by atoms with E-state index >= 15 is 0 Å². The lowest BCUT2D eigenvalue weighted by atomic mass is 10.2. The maximum absolute atomic E-state index is 11.5. The molecule has 0 saturated carbocycles. The van der Waals surface area contributed by atoms with E-state index in [0.717, 1.165) is 0 Å². The Morgan fingerprint density at radius 3 is 1.34 bits per heavy atom. The minimum atomic E-state index is -1.15. The molecule has 1 aromatic heterocycles. The van der Waals surface area contributed by atoms with E-state index in [1.807, 2.05) is 0 Å². The van der Waals surface area contributed by atoms with E-state index in [1.165, 1.54) is 0 Å². The normalized spacial score (nSPS) is 11.0. The number of alkyl halides is 4. The lowest BCUT2D eigenvalue weighted by Crippen LogP contribution is -2.18. The first-order valence-corrected chi connectivity index (χ1v) is 9.80. The number of amides is 2. The fourth-order valence-corrected chi connectivity index (χ4v) is 2.46. The summed E-state index contributed by atoms with van der Waals surface area (Å²) in [6.07, 6.45) is 0. The summed E-state index contributed by atoms with van der Waals surface area (Å²) >= 11 is 22.0. The molecule has 1 heterocycles. The van der Waals surface area contributed by atoms with E-state index in [-0.39, 0.29) is 0 Å². The standard InChI is InChI=1S/C18H12Cl4N4O3/c19-13(20)15(27)23-11-5-1-9(2-6-11)17-25-26-18(29-17)10-3-7-12(8-4-10)24-16(28)14(21)22/h1-8,13-14H,(H,23,27)(H,24,28). The zero-order valence-electron chi connectivity index (χ0n) is 14.4. The van der Waals surface area contributed by atoms with Gasteiger partial charge in [-0.25, -0.2) is 0 Å². The second-order valence-electron chi connectivity index (χ2n) is 5.65. The molecule has 2 N–H and O–H groups in total. The number of hydrogen-bond donors (Lipinski definition) is 2. The second-order valence-corrected chi connectivity index (χ2v) is 7.84. The average Bonchev–Trinajstić information content (AvgIpc) is 3.19. The summed E-state index contributed by atoms with van der Waals surface area (Å²) in [5.74, 6) is -0.438. The molecule has 29 heavy (non-hydrogen) atoms. The number of nitrogens with zero attached hydrogens (tertiary/aromatic N) is 2. The monoisotopic (exact) mass is 472 g/mol. The van der Waals surface area contributed by atoms with Crippen LogP contribution in [0.2, 0.25) is 0 Å². The number of carbonyl (C=O) groups excluding carboxylic acids is 2. The first-order valence-electron chi connectivity index (χ1n) is 8.06. The minimum Gasteiger partial charge on any atom is -0.416 e. The molecule has 0 aliphatic heterocycles. The van der Waals surface area contributed by atoms with E-state index in [4.69, 9.17) is 50.8 Å². The van der Waals surface area contributed by atoms with Gasteiger partial charge in [0.25, 0.3) is 11.8 Å². The van der Waals surface area contributed by atoms with E-state index in [0.29, 0.717) is 34.3 Å². The Balaban J connectivity index is 1.70. The van der Waals surface area contributed by atoms with Gasteiger partial charge in [0, 0.05) is 22.5 Å². The van der Waals surface area contributed by atoms with Crippen molar-refractivity contribution in [1.29, 1.82) is 0 Å². The summed E-state index contributed by atoms with van der Waals surface area (Å²) < 4.78 is 5.69. The highest BCUT2D eigenvalue weighted by atomic mass is 35.5. The molecule has 0 bridgehead atoms. The molecule has 0 spiro atoms. The molecule has 0 unspecified atom stereocenters. The van der Waals surface area contributed by atoms with Crippen LogP contribution in [0.5, 0.6) is 0 Å². The zero-order chi connectivity index (χ0) is 21.0. The van der Waals surface area contributed by atoms with Crippen molar-refractivity contribution >= 4 is 69.6 Å². The molecule has 0 radical (unpaired) electrons. The quantitative estimate of drug-likeness (QED) is 0.497. The molecule has 150 valence electrons. The van der Waals surface area contributed by atoms with Crippen LogP contribution in [0.25, 0.3) is 22.9 Å². The Morgan fingerprint density at radius 2 is 1.03 bits per heavy atom. The van der Waals surface area contributed by atoms with Crippen LogP contribution < -0.4 is 10.6 Å². The highest BCUT2D eigenvalue weighted by molar-refractivity contribution is 6.55. The van der Waals surface area contributed by atoms with Gasteiger partial charge in [-0.3, -0.25) is 9.59 Å². The number of anilines is 2. The van der Waals surface area contributed by atoms with Crippen molar-refractivity contribution < 1.29 is 14.0 Å². The minimum absolute atomic E-state index is 0.301. The van der Waals surface area contributed by atoms with Crippen LogP contribution in [0.3, 0.4) is 0 Å². The number of hydrogen-bond acceptors (Lipinski definition) is 5. The fraction of sp³-hybridized carbons (Fsp3) is 0.111. The van der Waals surface area contributed by atoms with Gasteiger partial charge in [-0.05, 0) is 48.5 Å². The van der Waals surface area contributed by atoms with Gasteiger partial charge in [0.15, 0.2) is 9.67 Å². The van der Waals surface area contributed by atoms with Crippen LogP contribution in [0, 0.1) is 0 Å². The Labute approximate surface area is 185 Å². The molecule has 2 aromatic carbocycles. The topological polar surface area (TPSA) is 97.1 Å². The predicted octanol–water partition coefficient (Wildman–Crippen LogP) is 4.89. The number of benzene rings is 2. The second kappa shape index (κ2) is 9.45. The molecule has 2 amide bonds. The number of nitrogens with one attached hydrogen (secondary N) is 2. The Kier molecular flexibility index (Phi) is 6.97. The van der Waals surface area contributed by atoms with Gasteiger partial charge in [0.05, 0.1) is 0 Å². The number of rotatable bonds is 6. The number of carbonyl (C=O) groups is 2. The van der Waals surface area contributed by atoms with Gasteiger partial charge in [-0.2, -0.15) is 0 Å². The molecule has 0 fully saturated rings. The van der Waals surface area contributed by atoms with Crippen LogP contribution in [0.4, 0.5) is 11.4 Å². The van der Waals surface area contributed by atoms with E-state index in [1.54, 1.807) is 48.5 Å². The average molecular weight is 474 g/mol. The summed E-state index contributed by atoms with van der Waals surface area (Å²) in [6.45, 7) is 0. The molecular formula is C18H12Cl4N4O3. The van der Waals surface area contributed by atoms with Gasteiger partial charge in [-0.1, -0.05) is 46.4 Å². The van der Waals surface area contributed by atoms with Crippen molar-refractivity contribution in [2.45, 2.75) is 9.67 Å². The zero-order valence-corrected chi connectivity index (χ0v) is 17.4. The van der Waals surface area contributed by atoms with Crippen LogP contribution in [0.1, 0.15) is 0 Å². The third-order valence-electron chi connectivity index (χ3n) is 3.62. The Morgan fingerprint density at radius 1 is 0.690 bits per heavy atom. The molecule has 7 nitrogen and oxygen atoms in total. The summed E-state index contributed by atoms with van der Waals surface area (Å²) in [5.41, 5.74) is 2.38. The summed E-state index contributed by atoms with van der Waals surface area (Å²) in [6, 6.07) is 13.5. The van der Waals surface area contributed by atoms with Crippen LogP contribution >= 0.6 is 46.4 Å². The van der Waals surface area contributed by atoms with Crippen molar-refractivity contribution in [2.24, 2.45) is 0 Å². The van der Waals surface area contributed by atoms with E-state index < -0.39 is 21.5 Å². The third-order valence-corrected chi connectivity index (χ3v) is 4.41. The first kappa shape index (κ1) is 21.4. The molecule has 3 aromatic rings. The van der Waals surface area contributed by atoms with Crippen LogP contribution in [-0.2, 0) is 9.59 Å². The Hall–Kier alpha value is -2.32. The van der Waals surface area contributed by atoms with Gasteiger partial charge >= 0.3 is 0 Å². The van der Waals surface area contributed by atoms with E-state index in [2.05, 4.69) is 20.8 Å². The smallest absolute Gasteiger partial charge is 0.257 e. The van der Waals surface area contributed by atoms with Gasteiger partial charge in [0.1, 0.15) is 0 Å². The molecule has 3 rings (SSSR count). The lowest BCUT2D eigenvalue weighted by molar-refractivity contribution is -0.115. The molecule has 0 saturated heterocycles. The summed E-state index contributed by atoms with van der Waals surface area (Å²) in [5, 5.41) is 13.2. The van der Waals surface area contributed by atoms with Crippen LogP contribution in [-0.4, -0.2) is 31.7 Å². The van der Waals surface area contributed by atoms with E-state index in [9.17, 15) is 9.59 Å². The summed E-state index contributed by atoms with van der Waals surface area (Å²) in [7, 11) is 0. The molecule has 0 aliphatic rings. The van der Waals surface area contributed by atoms with Crippen molar-refractivity contribution in [2.75, 3.05) is 10.6 Å². The fourth-order valence-electron chi connectivity index (χ4n) is 2.24. The predicted molar refractivity (Wildman–Crippen MR) is 113 cm³/mol. The third kappa shape index (κ3) is 5.61. The summed E-state index contributed by atoms with van der Waals surface area (Å²) in [4.78, 5) is 20.7. The largest absolute Gasteiger partial charge is 0.416 e. The van der Waals surface area contributed by atoms with Crippen molar-refractivity contribution in [1.82, 2.24) is 10.2 Å². The van der Waals surface area contributed by atoms with Crippen molar-refractivity contribution in [3.05, 3.63) is 48.5 Å². The number of aromatic nitrogens is 2. The maximum Gasteiger partial charge on any atom is 0.257 e. The molecular weight excluding hydrogens is 462 g/mol. The molecule has 11 heteroatoms.